The fourth-order valence-corrected chi connectivity index (χ4v) is 3.15. The minimum atomic E-state index is -0.0267. The number of rotatable bonds is 5. The van der Waals surface area contributed by atoms with Crippen LogP contribution in [0.15, 0.2) is 24.3 Å². The Kier molecular flexibility index (Phi) is 5.66. The molecule has 1 aromatic carbocycles. The zero-order valence-corrected chi connectivity index (χ0v) is 13.4. The number of carbonyl (C=O) groups is 1. The van der Waals surface area contributed by atoms with E-state index in [1.165, 1.54) is 11.3 Å². The Morgan fingerprint density at radius 2 is 2.10 bits per heavy atom. The highest BCUT2D eigenvalue weighted by molar-refractivity contribution is 5.72. The molecule has 2 unspecified atom stereocenters. The summed E-state index contributed by atoms with van der Waals surface area (Å²) in [6.07, 6.45) is 4.06. The van der Waals surface area contributed by atoms with Crippen LogP contribution >= 0.6 is 0 Å². The molecule has 0 heterocycles. The quantitative estimate of drug-likeness (QED) is 0.819. The molecule has 2 rings (SSSR count). The third-order valence-electron chi connectivity index (χ3n) is 4.24. The molecule has 3 nitrogen and oxygen atoms in total. The van der Waals surface area contributed by atoms with Gasteiger partial charge >= 0.3 is 5.97 Å². The van der Waals surface area contributed by atoms with Crippen molar-refractivity contribution in [2.24, 2.45) is 5.92 Å². The number of nitrogens with one attached hydrogen (secondary N) is 1. The Bertz CT molecular complexity index is 470. The van der Waals surface area contributed by atoms with Crippen molar-refractivity contribution in [3.63, 3.8) is 0 Å². The van der Waals surface area contributed by atoms with Gasteiger partial charge in [-0.1, -0.05) is 38.5 Å². The SMILES string of the molecule is CCOC(=O)C1CCCC(Nc2ccccc2C(C)C)C1. The minimum absolute atomic E-state index is 0.0267. The highest BCUT2D eigenvalue weighted by atomic mass is 16.5. The molecule has 1 saturated carbocycles. The van der Waals surface area contributed by atoms with E-state index in [2.05, 4.69) is 43.4 Å². The molecule has 1 aromatic rings. The van der Waals surface area contributed by atoms with Crippen molar-refractivity contribution in [1.29, 1.82) is 0 Å². The van der Waals surface area contributed by atoms with Gasteiger partial charge in [0.15, 0.2) is 0 Å². The summed E-state index contributed by atoms with van der Waals surface area (Å²) in [6, 6.07) is 8.85. The van der Waals surface area contributed by atoms with Crippen LogP contribution in [0.4, 0.5) is 5.69 Å². The first kappa shape index (κ1) is 15.9. The first-order chi connectivity index (χ1) is 10.1. The molecule has 0 aliphatic heterocycles. The average Bonchev–Trinajstić information content (AvgIpc) is 2.48. The van der Waals surface area contributed by atoms with Gasteiger partial charge < -0.3 is 10.1 Å². The standard InChI is InChI=1S/C18H27NO2/c1-4-21-18(20)14-8-7-9-15(12-14)19-17-11-6-5-10-16(17)13(2)3/h5-6,10-11,13-15,19H,4,7-9,12H2,1-3H3. The third-order valence-corrected chi connectivity index (χ3v) is 4.24. The van der Waals surface area contributed by atoms with E-state index in [-0.39, 0.29) is 11.9 Å². The van der Waals surface area contributed by atoms with Gasteiger partial charge in [0.25, 0.3) is 0 Å². The predicted molar refractivity (Wildman–Crippen MR) is 86.5 cm³/mol. The van der Waals surface area contributed by atoms with Gasteiger partial charge in [-0.05, 0) is 43.7 Å². The van der Waals surface area contributed by atoms with Crippen LogP contribution in [0.1, 0.15) is 57.9 Å². The highest BCUT2D eigenvalue weighted by Gasteiger charge is 2.28. The van der Waals surface area contributed by atoms with Gasteiger partial charge in [-0.3, -0.25) is 4.79 Å². The summed E-state index contributed by atoms with van der Waals surface area (Å²) in [6.45, 7) is 6.77. The maximum Gasteiger partial charge on any atom is 0.308 e. The molecule has 0 bridgehead atoms. The number of anilines is 1. The van der Waals surface area contributed by atoms with E-state index in [4.69, 9.17) is 4.74 Å². The Morgan fingerprint density at radius 3 is 2.81 bits per heavy atom. The highest BCUT2D eigenvalue weighted by Crippen LogP contribution is 2.30. The molecule has 1 aliphatic carbocycles. The molecule has 0 spiro atoms. The molecule has 3 heteroatoms. The number of hydrogen-bond donors (Lipinski definition) is 1. The van der Waals surface area contributed by atoms with Crippen LogP contribution in [0, 0.1) is 5.92 Å². The second-order valence-corrected chi connectivity index (χ2v) is 6.20. The summed E-state index contributed by atoms with van der Waals surface area (Å²) < 4.78 is 5.18. The Labute approximate surface area is 128 Å². The Hall–Kier alpha value is -1.51. The van der Waals surface area contributed by atoms with Crippen LogP contribution in [-0.2, 0) is 9.53 Å². The molecular formula is C18H27NO2. The fraction of sp³-hybridized carbons (Fsp3) is 0.611. The van der Waals surface area contributed by atoms with Gasteiger partial charge in [0.1, 0.15) is 0 Å². The summed E-state index contributed by atoms with van der Waals surface area (Å²) >= 11 is 0. The lowest BCUT2D eigenvalue weighted by Crippen LogP contribution is -2.32. The molecule has 0 saturated heterocycles. The average molecular weight is 289 g/mol. The number of hydrogen-bond acceptors (Lipinski definition) is 3. The maximum absolute atomic E-state index is 11.9. The van der Waals surface area contributed by atoms with Crippen LogP contribution in [0.25, 0.3) is 0 Å². The lowest BCUT2D eigenvalue weighted by molar-refractivity contribution is -0.149. The van der Waals surface area contributed by atoms with Gasteiger partial charge in [-0.2, -0.15) is 0 Å². The van der Waals surface area contributed by atoms with Gasteiger partial charge in [0, 0.05) is 11.7 Å². The smallest absolute Gasteiger partial charge is 0.308 e. The van der Waals surface area contributed by atoms with Crippen molar-refractivity contribution in [2.75, 3.05) is 11.9 Å². The fourth-order valence-electron chi connectivity index (χ4n) is 3.15. The number of ether oxygens (including phenoxy) is 1. The van der Waals surface area contributed by atoms with E-state index in [1.807, 2.05) is 6.92 Å². The van der Waals surface area contributed by atoms with Crippen molar-refractivity contribution in [3.05, 3.63) is 29.8 Å². The third kappa shape index (κ3) is 4.23. The predicted octanol–water partition coefficient (Wildman–Crippen LogP) is 4.34. The van der Waals surface area contributed by atoms with Crippen LogP contribution < -0.4 is 5.32 Å². The van der Waals surface area contributed by atoms with E-state index < -0.39 is 0 Å². The summed E-state index contributed by atoms with van der Waals surface area (Å²) in [5.74, 6) is 0.529. The summed E-state index contributed by atoms with van der Waals surface area (Å²) in [5, 5.41) is 3.65. The molecule has 0 amide bonds. The van der Waals surface area contributed by atoms with Gasteiger partial charge in [0.05, 0.1) is 12.5 Å². The second kappa shape index (κ2) is 7.48. The topological polar surface area (TPSA) is 38.3 Å². The van der Waals surface area contributed by atoms with E-state index in [9.17, 15) is 4.79 Å². The lowest BCUT2D eigenvalue weighted by Gasteiger charge is -2.30. The molecule has 1 N–H and O–H groups in total. The van der Waals surface area contributed by atoms with Crippen molar-refractivity contribution in [3.8, 4) is 0 Å². The summed E-state index contributed by atoms with van der Waals surface area (Å²) in [5.41, 5.74) is 2.55. The van der Waals surface area contributed by atoms with Crippen molar-refractivity contribution < 1.29 is 9.53 Å². The zero-order valence-electron chi connectivity index (χ0n) is 13.4. The Morgan fingerprint density at radius 1 is 1.33 bits per heavy atom. The first-order valence-electron chi connectivity index (χ1n) is 8.14. The van der Waals surface area contributed by atoms with Crippen molar-refractivity contribution >= 4 is 11.7 Å². The van der Waals surface area contributed by atoms with Crippen LogP contribution in [0.5, 0.6) is 0 Å². The molecule has 2 atom stereocenters. The lowest BCUT2D eigenvalue weighted by atomic mass is 9.85. The first-order valence-corrected chi connectivity index (χ1v) is 8.14. The zero-order chi connectivity index (χ0) is 15.2. The number of para-hydroxylation sites is 1. The van der Waals surface area contributed by atoms with Crippen LogP contribution in [0.2, 0.25) is 0 Å². The van der Waals surface area contributed by atoms with E-state index in [1.54, 1.807) is 0 Å². The molecule has 21 heavy (non-hydrogen) atoms. The molecular weight excluding hydrogens is 262 g/mol. The molecule has 1 aliphatic rings. The van der Waals surface area contributed by atoms with Gasteiger partial charge in [0.2, 0.25) is 0 Å². The van der Waals surface area contributed by atoms with E-state index in [0.717, 1.165) is 25.7 Å². The molecule has 0 aromatic heterocycles. The monoisotopic (exact) mass is 289 g/mol. The van der Waals surface area contributed by atoms with Gasteiger partial charge in [-0.15, -0.1) is 0 Å². The second-order valence-electron chi connectivity index (χ2n) is 6.20. The van der Waals surface area contributed by atoms with Crippen molar-refractivity contribution in [1.82, 2.24) is 0 Å². The normalized spacial score (nSPS) is 22.1. The minimum Gasteiger partial charge on any atom is -0.466 e. The molecule has 116 valence electrons. The van der Waals surface area contributed by atoms with E-state index >= 15 is 0 Å². The van der Waals surface area contributed by atoms with Crippen molar-refractivity contribution in [2.45, 2.75) is 58.4 Å². The molecule has 0 radical (unpaired) electrons. The van der Waals surface area contributed by atoms with Crippen LogP contribution in [0.3, 0.4) is 0 Å². The maximum atomic E-state index is 11.9. The van der Waals surface area contributed by atoms with Crippen LogP contribution in [-0.4, -0.2) is 18.6 Å². The summed E-state index contributed by atoms with van der Waals surface area (Å²) in [7, 11) is 0. The number of esters is 1. The van der Waals surface area contributed by atoms with E-state index in [0.29, 0.717) is 18.6 Å². The summed E-state index contributed by atoms with van der Waals surface area (Å²) in [4.78, 5) is 11.9. The number of carbonyl (C=O) groups excluding carboxylic acids is 1. The molecule has 1 fully saturated rings. The Balaban J connectivity index is 2.01. The number of benzene rings is 1. The largest absolute Gasteiger partial charge is 0.466 e. The van der Waals surface area contributed by atoms with Gasteiger partial charge in [-0.25, -0.2) is 0 Å².